The Morgan fingerprint density at radius 1 is 1.21 bits per heavy atom. The van der Waals surface area contributed by atoms with Gasteiger partial charge >= 0.3 is 6.03 Å². The molecule has 1 aliphatic heterocycles. The van der Waals surface area contributed by atoms with Crippen LogP contribution in [0.15, 0.2) is 61.6 Å². The number of hydrogen-bond acceptors (Lipinski definition) is 6. The third-order valence-electron chi connectivity index (χ3n) is 5.38. The summed E-state index contributed by atoms with van der Waals surface area (Å²) in [6.07, 6.45) is 6.14. The van der Waals surface area contributed by atoms with E-state index in [-0.39, 0.29) is 25.2 Å². The van der Waals surface area contributed by atoms with Crippen LogP contribution in [0.2, 0.25) is 0 Å². The second-order valence-electron chi connectivity index (χ2n) is 7.73. The van der Waals surface area contributed by atoms with Crippen LogP contribution in [0.4, 0.5) is 4.79 Å². The predicted molar refractivity (Wildman–Crippen MR) is 123 cm³/mol. The Morgan fingerprint density at radius 3 is 2.62 bits per heavy atom. The van der Waals surface area contributed by atoms with E-state index in [1.807, 2.05) is 30.3 Å². The van der Waals surface area contributed by atoms with E-state index in [1.165, 1.54) is 29.6 Å². The zero-order valence-corrected chi connectivity index (χ0v) is 18.5. The van der Waals surface area contributed by atoms with Crippen molar-refractivity contribution in [3.8, 4) is 0 Å². The quantitative estimate of drug-likeness (QED) is 0.374. The molecule has 11 heteroatoms. The van der Waals surface area contributed by atoms with Gasteiger partial charge in [-0.05, 0) is 12.0 Å². The summed E-state index contributed by atoms with van der Waals surface area (Å²) in [4.78, 5) is 60.0. The van der Waals surface area contributed by atoms with Crippen LogP contribution >= 0.6 is 0 Å². The predicted octanol–water partition coefficient (Wildman–Crippen LogP) is -0.242. The van der Waals surface area contributed by atoms with E-state index in [0.29, 0.717) is 6.42 Å². The van der Waals surface area contributed by atoms with Gasteiger partial charge in [-0.25, -0.2) is 9.78 Å². The molecule has 1 aromatic carbocycles. The van der Waals surface area contributed by atoms with Crippen LogP contribution in [0.5, 0.6) is 0 Å². The fourth-order valence-electron chi connectivity index (χ4n) is 3.77. The molecule has 2 heterocycles. The van der Waals surface area contributed by atoms with Gasteiger partial charge in [-0.1, -0.05) is 36.4 Å². The van der Waals surface area contributed by atoms with Gasteiger partial charge in [-0.3, -0.25) is 19.4 Å². The molecule has 0 bridgehead atoms. The highest BCUT2D eigenvalue weighted by atomic mass is 16.2. The van der Waals surface area contributed by atoms with Gasteiger partial charge in [-0.2, -0.15) is 0 Å². The van der Waals surface area contributed by atoms with E-state index in [1.54, 1.807) is 0 Å². The first-order valence-corrected chi connectivity index (χ1v) is 10.8. The molecule has 0 saturated carbocycles. The average molecular weight is 466 g/mol. The zero-order valence-electron chi connectivity index (χ0n) is 18.5. The van der Waals surface area contributed by atoms with Gasteiger partial charge in [0.25, 0.3) is 5.91 Å². The van der Waals surface area contributed by atoms with Gasteiger partial charge in [-0.15, -0.1) is 6.58 Å². The molecule has 1 fully saturated rings. The molecule has 11 nitrogen and oxygen atoms in total. The van der Waals surface area contributed by atoms with E-state index < -0.39 is 41.9 Å². The fraction of sp³-hybridized carbons (Fsp3) is 0.304. The molecule has 5 amide bonds. The number of primary amides is 1. The Balaban J connectivity index is 1.82. The lowest BCUT2D eigenvalue weighted by atomic mass is 10.0. The summed E-state index contributed by atoms with van der Waals surface area (Å²) in [5, 5.41) is 7.97. The van der Waals surface area contributed by atoms with Crippen LogP contribution in [-0.2, 0) is 16.0 Å². The largest absolute Gasteiger partial charge is 0.368 e. The summed E-state index contributed by atoms with van der Waals surface area (Å²) in [5.74, 6) is -1.83. The number of benzene rings is 1. The molecule has 1 saturated heterocycles. The highest BCUT2D eigenvalue weighted by Gasteiger charge is 2.44. The van der Waals surface area contributed by atoms with Crippen LogP contribution in [0.25, 0.3) is 0 Å². The van der Waals surface area contributed by atoms with Crippen LogP contribution < -0.4 is 21.7 Å². The Morgan fingerprint density at radius 2 is 1.97 bits per heavy atom. The summed E-state index contributed by atoms with van der Waals surface area (Å²) in [7, 11) is 0. The number of nitrogens with zero attached hydrogens (tertiary/aromatic N) is 3. The number of nitrogens with one attached hydrogen (secondary N) is 3. The number of aromatic nitrogens is 2. The molecule has 0 radical (unpaired) electrons. The smallest absolute Gasteiger partial charge is 0.315 e. The van der Waals surface area contributed by atoms with Gasteiger partial charge in [0.05, 0.1) is 12.2 Å². The number of amides is 5. The first-order valence-electron chi connectivity index (χ1n) is 10.8. The topological polar surface area (TPSA) is 159 Å². The van der Waals surface area contributed by atoms with E-state index >= 15 is 0 Å². The second-order valence-corrected chi connectivity index (χ2v) is 7.73. The Labute approximate surface area is 196 Å². The minimum atomic E-state index is -1.08. The maximum atomic E-state index is 13.4. The lowest BCUT2D eigenvalue weighted by molar-refractivity contribution is -0.130. The van der Waals surface area contributed by atoms with Crippen molar-refractivity contribution in [1.29, 1.82) is 0 Å². The summed E-state index contributed by atoms with van der Waals surface area (Å²) >= 11 is 0. The van der Waals surface area contributed by atoms with Crippen molar-refractivity contribution in [3.05, 3.63) is 72.8 Å². The number of hydrogen-bond donors (Lipinski definition) is 4. The number of nitrogens with two attached hydrogens (primary N) is 1. The molecule has 0 unspecified atom stereocenters. The van der Waals surface area contributed by atoms with E-state index in [9.17, 15) is 19.2 Å². The maximum Gasteiger partial charge on any atom is 0.315 e. The molecule has 5 N–H and O–H groups in total. The van der Waals surface area contributed by atoms with Crippen LogP contribution in [0.1, 0.15) is 22.5 Å². The van der Waals surface area contributed by atoms with E-state index in [0.717, 1.165) is 5.56 Å². The lowest BCUT2D eigenvalue weighted by Crippen LogP contribution is -2.59. The van der Waals surface area contributed by atoms with Crippen molar-refractivity contribution in [2.24, 2.45) is 5.73 Å². The van der Waals surface area contributed by atoms with E-state index in [2.05, 4.69) is 32.5 Å². The van der Waals surface area contributed by atoms with Crippen molar-refractivity contribution >= 4 is 23.8 Å². The molecule has 2 aromatic rings. The summed E-state index contributed by atoms with van der Waals surface area (Å²) < 4.78 is 0. The molecular weight excluding hydrogens is 438 g/mol. The first-order chi connectivity index (χ1) is 16.4. The van der Waals surface area contributed by atoms with Crippen molar-refractivity contribution in [1.82, 2.24) is 30.8 Å². The SMILES string of the molecule is C=CCNC(=O)N[C@H]1CCN(C(=O)c2cnccn2)[C@@H]1C(=O)N[C@H](Cc1ccccc1)C(N)=O. The normalized spacial score (nSPS) is 17.9. The van der Waals surface area contributed by atoms with Gasteiger partial charge in [0.2, 0.25) is 11.8 Å². The standard InChI is InChI=1S/C23H27N7O4/c1-2-9-27-23(34)29-16-8-12-30(22(33)18-14-25-10-11-26-18)19(16)21(32)28-17(20(24)31)13-15-6-4-3-5-7-15/h2-7,10-11,14,16-17,19H,1,8-9,12-13H2,(H2,24,31)(H,28,32)(H2,27,29,34)/t16-,17+,19-/m0/s1. The summed E-state index contributed by atoms with van der Waals surface area (Å²) in [6, 6.07) is 5.81. The number of carbonyl (C=O) groups excluding carboxylic acids is 4. The van der Waals surface area contributed by atoms with Crippen molar-refractivity contribution in [2.45, 2.75) is 31.0 Å². The molecule has 3 atom stereocenters. The molecule has 178 valence electrons. The van der Waals surface area contributed by atoms with Gasteiger partial charge < -0.3 is 26.6 Å². The second kappa shape index (κ2) is 11.5. The Bertz CT molecular complexity index is 1030. The number of carbonyl (C=O) groups is 4. The van der Waals surface area contributed by atoms with Crippen LogP contribution in [-0.4, -0.2) is 69.8 Å². The number of likely N-dealkylation sites (tertiary alicyclic amines) is 1. The number of urea groups is 1. The monoisotopic (exact) mass is 465 g/mol. The average Bonchev–Trinajstić information content (AvgIpc) is 3.26. The zero-order chi connectivity index (χ0) is 24.5. The molecule has 1 aromatic heterocycles. The van der Waals surface area contributed by atoms with Crippen LogP contribution in [0.3, 0.4) is 0 Å². The summed E-state index contributed by atoms with van der Waals surface area (Å²) in [6.45, 7) is 3.97. The molecule has 0 aliphatic carbocycles. The Kier molecular flexibility index (Phi) is 8.27. The van der Waals surface area contributed by atoms with Gasteiger partial charge in [0, 0.05) is 31.9 Å². The molecule has 0 spiro atoms. The summed E-state index contributed by atoms with van der Waals surface area (Å²) in [5.41, 5.74) is 6.42. The highest BCUT2D eigenvalue weighted by Crippen LogP contribution is 2.21. The highest BCUT2D eigenvalue weighted by molar-refractivity contribution is 5.98. The fourth-order valence-corrected chi connectivity index (χ4v) is 3.77. The minimum Gasteiger partial charge on any atom is -0.368 e. The minimum absolute atomic E-state index is 0.0628. The molecular formula is C23H27N7O4. The third kappa shape index (κ3) is 6.15. The lowest BCUT2D eigenvalue weighted by Gasteiger charge is -2.29. The van der Waals surface area contributed by atoms with Gasteiger partial charge in [0.1, 0.15) is 17.8 Å². The third-order valence-corrected chi connectivity index (χ3v) is 5.38. The first kappa shape index (κ1) is 24.4. The van der Waals surface area contributed by atoms with Gasteiger partial charge in [0.15, 0.2) is 0 Å². The molecule has 1 aliphatic rings. The van der Waals surface area contributed by atoms with E-state index in [4.69, 9.17) is 5.73 Å². The molecule has 3 rings (SSSR count). The van der Waals surface area contributed by atoms with Crippen LogP contribution in [0, 0.1) is 0 Å². The Hall–Kier alpha value is -4.28. The maximum absolute atomic E-state index is 13.4. The molecule has 34 heavy (non-hydrogen) atoms. The van der Waals surface area contributed by atoms with Crippen molar-refractivity contribution < 1.29 is 19.2 Å². The number of rotatable bonds is 9. The van der Waals surface area contributed by atoms with Crippen molar-refractivity contribution in [2.75, 3.05) is 13.1 Å². The van der Waals surface area contributed by atoms with Crippen molar-refractivity contribution in [3.63, 3.8) is 0 Å².